The molecule has 0 bridgehead atoms. The van der Waals surface area contributed by atoms with Crippen LogP contribution in [0, 0.1) is 5.92 Å². The number of aromatic nitrogens is 15. The zero-order valence-corrected chi connectivity index (χ0v) is 75.5. The predicted octanol–water partition coefficient (Wildman–Crippen LogP) is 15.5. The SMILES string of the molecule is COCC(=O)N1CCN(Cc2c(-c3ccc(Cl)cc3)nc3cnc(C4CC4)cn23)CC1.Clc1ccc(-c2nc3cnc(-c4ncccc4Cl)cn3c2CN2CCOCC2)cc1.O=C(C1CCOCC1)N1CCN(Cc2c(-c3ccc(Cl)cc3)nc3cnc(C4CC4)cn23)CC1.O=C(c1cnccn1)N1CCN(Cc2c(-c3ccc(Cl)cc3)nc3cnc(C4CC4)cn23)CC1. The number of amides is 3. The third-order valence-electron chi connectivity index (χ3n) is 25.2. The first-order chi connectivity index (χ1) is 63.1. The Kier molecular flexibility index (Phi) is 27.0. The number of pyridine rings is 1. The van der Waals surface area contributed by atoms with Gasteiger partial charge in [0.25, 0.3) is 5.91 Å². The molecule has 22 rings (SSSR count). The van der Waals surface area contributed by atoms with Crippen molar-refractivity contribution in [3.05, 3.63) is 254 Å². The Morgan fingerprint density at radius 1 is 0.372 bits per heavy atom. The summed E-state index contributed by atoms with van der Waals surface area (Å²) in [5.74, 6) is 2.15. The molecule has 0 atom stereocenters. The van der Waals surface area contributed by atoms with Crippen LogP contribution in [0.5, 0.6) is 0 Å². The van der Waals surface area contributed by atoms with Gasteiger partial charge in [-0.25, -0.2) is 29.9 Å². The van der Waals surface area contributed by atoms with E-state index in [0.717, 1.165) is 224 Å². The van der Waals surface area contributed by atoms with Crippen molar-refractivity contribution < 1.29 is 28.6 Å². The van der Waals surface area contributed by atoms with Crippen molar-refractivity contribution in [1.82, 2.24) is 107 Å². The maximum Gasteiger partial charge on any atom is 0.274 e. The van der Waals surface area contributed by atoms with Gasteiger partial charge in [0.15, 0.2) is 22.6 Å². The fourth-order valence-electron chi connectivity index (χ4n) is 17.5. The van der Waals surface area contributed by atoms with Gasteiger partial charge in [-0.2, -0.15) is 0 Å². The predicted molar refractivity (Wildman–Crippen MR) is 496 cm³/mol. The lowest BCUT2D eigenvalue weighted by Gasteiger charge is -2.37. The van der Waals surface area contributed by atoms with Crippen LogP contribution in [0.15, 0.2) is 184 Å². The second kappa shape index (κ2) is 39.9. The highest BCUT2D eigenvalue weighted by Gasteiger charge is 2.35. The number of imidazole rings is 4. The summed E-state index contributed by atoms with van der Waals surface area (Å²) >= 11 is 30.9. The Morgan fingerprint density at radius 2 is 0.744 bits per heavy atom. The van der Waals surface area contributed by atoms with Crippen LogP contribution >= 0.6 is 58.0 Å². The number of hydrogen-bond donors (Lipinski definition) is 0. The van der Waals surface area contributed by atoms with E-state index in [0.29, 0.717) is 100 Å². The van der Waals surface area contributed by atoms with E-state index in [2.05, 4.69) is 95.6 Å². The quantitative estimate of drug-likeness (QED) is 0.0686. The number of carbonyl (C=O) groups is 3. The highest BCUT2D eigenvalue weighted by Crippen LogP contribution is 2.43. The van der Waals surface area contributed by atoms with Crippen LogP contribution in [0.2, 0.25) is 25.1 Å². The third kappa shape index (κ3) is 20.7. The van der Waals surface area contributed by atoms with Crippen molar-refractivity contribution >= 4 is 98.3 Å². The van der Waals surface area contributed by atoms with E-state index >= 15 is 0 Å². The Balaban J connectivity index is 0.000000112. The van der Waals surface area contributed by atoms with E-state index in [-0.39, 0.29) is 24.3 Å². The molecule has 129 heavy (non-hydrogen) atoms. The second-order valence-electron chi connectivity index (χ2n) is 34.1. The maximum absolute atomic E-state index is 12.9. The van der Waals surface area contributed by atoms with Gasteiger partial charge in [-0.05, 0) is 112 Å². The molecule has 14 aromatic rings. The summed E-state index contributed by atoms with van der Waals surface area (Å²) in [6.07, 6.45) is 31.2. The number of ether oxygens (including phenoxy) is 3. The van der Waals surface area contributed by atoms with Gasteiger partial charge >= 0.3 is 0 Å². The van der Waals surface area contributed by atoms with Crippen LogP contribution in [0.4, 0.5) is 0 Å². The zero-order chi connectivity index (χ0) is 88.0. The lowest BCUT2D eigenvalue weighted by Crippen LogP contribution is -2.50. The topological polar surface area (TPSA) is 261 Å². The number of carbonyl (C=O) groups excluding carboxylic acids is 3. The number of fused-ring (bicyclic) bond motifs is 4. The summed E-state index contributed by atoms with van der Waals surface area (Å²) in [6.45, 7) is 17.0. The molecule has 15 heterocycles. The summed E-state index contributed by atoms with van der Waals surface area (Å²) < 4.78 is 24.7. The summed E-state index contributed by atoms with van der Waals surface area (Å²) in [5, 5.41) is 3.40. The van der Waals surface area contributed by atoms with E-state index < -0.39 is 0 Å². The van der Waals surface area contributed by atoms with Crippen molar-refractivity contribution in [2.75, 3.05) is 132 Å². The van der Waals surface area contributed by atoms with Gasteiger partial charge in [0.1, 0.15) is 23.7 Å². The maximum atomic E-state index is 12.9. The van der Waals surface area contributed by atoms with Gasteiger partial charge < -0.3 is 28.9 Å². The first-order valence-corrected chi connectivity index (χ1v) is 46.3. The number of morpholine rings is 1. The molecule has 8 fully saturated rings. The molecule has 3 aliphatic carbocycles. The van der Waals surface area contributed by atoms with Crippen molar-refractivity contribution in [3.8, 4) is 56.4 Å². The van der Waals surface area contributed by atoms with Crippen LogP contribution in [-0.4, -0.2) is 256 Å². The lowest BCUT2D eigenvalue weighted by molar-refractivity contribution is -0.140. The number of nitrogens with zero attached hydrogens (tertiary/aromatic N) is 22. The van der Waals surface area contributed by atoms with Crippen molar-refractivity contribution in [1.29, 1.82) is 0 Å². The van der Waals surface area contributed by atoms with Crippen LogP contribution < -0.4 is 0 Å². The smallest absolute Gasteiger partial charge is 0.274 e. The molecular weight excluding hydrogens is 1730 g/mol. The number of hydrogen-bond acceptors (Lipinski definition) is 21. The Labute approximate surface area is 772 Å². The zero-order valence-electron chi connectivity index (χ0n) is 71.7. The molecule has 4 aromatic carbocycles. The molecule has 0 unspecified atom stereocenters. The molecule has 33 heteroatoms. The van der Waals surface area contributed by atoms with Gasteiger partial charge in [0, 0.05) is 248 Å². The molecule has 5 aliphatic heterocycles. The minimum atomic E-state index is -0.0652. The van der Waals surface area contributed by atoms with E-state index in [4.69, 9.17) is 92.2 Å². The number of methoxy groups -OCH3 is 1. The van der Waals surface area contributed by atoms with Crippen molar-refractivity contribution in [3.63, 3.8) is 0 Å². The van der Waals surface area contributed by atoms with Crippen LogP contribution in [-0.2, 0) is 50.0 Å². The summed E-state index contributed by atoms with van der Waals surface area (Å²) in [4.78, 5) is 104. The molecule has 664 valence electrons. The van der Waals surface area contributed by atoms with E-state index in [1.54, 1.807) is 31.9 Å². The average molecular weight is 1830 g/mol. The molecule has 5 saturated heterocycles. The normalized spacial score (nSPS) is 17.4. The standard InChI is InChI=1S/C26H30ClN5O2.C25H24ClN7O.C23H26ClN5O2.C22H19Cl2N5O/c27-21-5-3-19(4-6-21)25-23(32-16-22(18-1-2-18)28-15-24(32)29-25)17-30-9-11-31(12-10-30)26(33)20-7-13-34-14-8-20;26-19-5-3-18(4-6-19)24-22(33-15-21(17-1-2-17)29-14-23(33)30-24)16-31-9-11-32(12-10-31)25(34)20-13-27-7-8-28-20;1-31-15-22(30)28-10-8-27(9-11-28)14-20-23(17-4-6-18(24)7-5-17)26-21-12-25-19(13-29(20)21)16-2-3-16;23-16-5-3-15(4-6-16)21-19(14-28-8-10-30-11-9-28)29-13-18(26-12-20(29)27-21)22-17(24)2-1-7-25-22/h3-6,15-16,18,20H,1-2,7-14,17H2;3-8,13-15,17H,1-2,9-12,16H2;4-7,12-13,16H,2-3,8-11,14-15H2,1H3;1-7,12-13H,8-11,14H2. The number of rotatable bonds is 20. The largest absolute Gasteiger partial charge is 0.381 e. The Hall–Kier alpha value is -10.8. The van der Waals surface area contributed by atoms with Crippen molar-refractivity contribution in [2.45, 2.75) is 95.3 Å². The van der Waals surface area contributed by atoms with E-state index in [9.17, 15) is 14.4 Å². The molecule has 3 amide bonds. The van der Waals surface area contributed by atoms with Gasteiger partial charge in [-0.15, -0.1) is 0 Å². The van der Waals surface area contributed by atoms with E-state index in [1.165, 1.54) is 50.4 Å². The molecule has 3 saturated carbocycles. The molecule has 0 N–H and O–H groups in total. The molecule has 28 nitrogen and oxygen atoms in total. The Bertz CT molecular complexity index is 6300. The molecule has 10 aromatic heterocycles. The monoisotopic (exact) mass is 1830 g/mol. The molecule has 0 radical (unpaired) electrons. The summed E-state index contributed by atoms with van der Waals surface area (Å²) in [5.41, 5.74) is 21.0. The number of piperazine rings is 3. The van der Waals surface area contributed by atoms with Crippen LogP contribution in [0.1, 0.15) is 119 Å². The molecule has 0 spiro atoms. The number of benzene rings is 4. The lowest BCUT2D eigenvalue weighted by atomic mass is 9.98. The van der Waals surface area contributed by atoms with Crippen LogP contribution in [0.3, 0.4) is 0 Å². The highest BCUT2D eigenvalue weighted by molar-refractivity contribution is 6.33. The van der Waals surface area contributed by atoms with Gasteiger partial charge in [-0.3, -0.25) is 76.5 Å². The van der Waals surface area contributed by atoms with E-state index in [1.807, 2.05) is 144 Å². The van der Waals surface area contributed by atoms with Crippen molar-refractivity contribution in [2.24, 2.45) is 5.92 Å². The first kappa shape index (κ1) is 87.5. The Morgan fingerprint density at radius 3 is 1.12 bits per heavy atom. The third-order valence-corrected chi connectivity index (χ3v) is 26.5. The second-order valence-corrected chi connectivity index (χ2v) is 36.2. The highest BCUT2D eigenvalue weighted by atomic mass is 35.5. The summed E-state index contributed by atoms with van der Waals surface area (Å²) in [6, 6.07) is 35.0. The van der Waals surface area contributed by atoms with Gasteiger partial charge in [-0.1, -0.05) is 107 Å². The van der Waals surface area contributed by atoms with Crippen LogP contribution in [0.25, 0.3) is 79.0 Å². The number of halogens is 5. The summed E-state index contributed by atoms with van der Waals surface area (Å²) in [7, 11) is 1.56. The minimum absolute atomic E-state index is 0.0546. The minimum Gasteiger partial charge on any atom is -0.381 e. The van der Waals surface area contributed by atoms with Gasteiger partial charge in [0.2, 0.25) is 11.8 Å². The first-order valence-electron chi connectivity index (χ1n) is 44.4. The molecule has 8 aliphatic rings. The average Bonchev–Trinajstić information content (AvgIpc) is 1.66. The fraction of sp³-hybridized carbons (Fsp3) is 0.375. The van der Waals surface area contributed by atoms with Gasteiger partial charge in [0.05, 0.1) is 112 Å². The molecular formula is C96H99Cl5N22O6. The fourth-order valence-corrected chi connectivity index (χ4v) is 18.2.